The van der Waals surface area contributed by atoms with Crippen molar-refractivity contribution < 1.29 is 9.47 Å². The van der Waals surface area contributed by atoms with Crippen molar-refractivity contribution in [1.29, 1.82) is 0 Å². The van der Waals surface area contributed by atoms with Gasteiger partial charge in [0.1, 0.15) is 13.2 Å². The van der Waals surface area contributed by atoms with Crippen molar-refractivity contribution in [1.82, 2.24) is 4.44 Å². The van der Waals surface area contributed by atoms with Gasteiger partial charge < -0.3 is 13.9 Å². The van der Waals surface area contributed by atoms with Crippen molar-refractivity contribution in [3.8, 4) is 0 Å². The van der Waals surface area contributed by atoms with Crippen molar-refractivity contribution in [3.05, 3.63) is 47.6 Å². The van der Waals surface area contributed by atoms with Crippen molar-refractivity contribution >= 4 is 18.8 Å². The average Bonchev–Trinajstić information content (AvgIpc) is 2.30. The third-order valence-corrected chi connectivity index (χ3v) is 2.61. The lowest BCUT2D eigenvalue weighted by Crippen LogP contribution is -2.12. The first-order valence-electron chi connectivity index (χ1n) is 4.62. The summed E-state index contributed by atoms with van der Waals surface area (Å²) in [6, 6.07) is 0. The Kier molecular flexibility index (Phi) is 3.45. The minimum atomic E-state index is 0.590. The summed E-state index contributed by atoms with van der Waals surface area (Å²) in [5.74, 6) is 1.57. The number of hydrogen-bond donors (Lipinski definition) is 0. The van der Waals surface area contributed by atoms with Crippen LogP contribution < -0.4 is 0 Å². The molecule has 0 N–H and O–H groups in total. The Labute approximate surface area is 94.0 Å². The topological polar surface area (TPSA) is 21.7 Å². The lowest BCUT2D eigenvalue weighted by atomic mass is 10.2. The van der Waals surface area contributed by atoms with E-state index in [4.69, 9.17) is 9.47 Å². The van der Waals surface area contributed by atoms with Crippen LogP contribution in [0.5, 0.6) is 0 Å². The van der Waals surface area contributed by atoms with Gasteiger partial charge in [-0.25, -0.2) is 0 Å². The standard InChI is InChI=1S/C10H13NO2P2/c14-11(15)8-4-3-7-13-10(8)9-5-1-2-6-12-9/h1-5H,6-7,14-15H2. The highest BCUT2D eigenvalue weighted by Gasteiger charge is 2.18. The van der Waals surface area contributed by atoms with Gasteiger partial charge in [-0.1, -0.05) is 6.08 Å². The SMILES string of the molecule is PN(P)C1=C(C2=CC=CCO2)OCC=C1. The predicted molar refractivity (Wildman–Crippen MR) is 66.6 cm³/mol. The Balaban J connectivity index is 2.34. The van der Waals surface area contributed by atoms with Crippen LogP contribution in [0, 0.1) is 0 Å². The van der Waals surface area contributed by atoms with Crippen LogP contribution in [0.3, 0.4) is 0 Å². The second-order valence-corrected chi connectivity index (χ2v) is 4.81. The Hall–Kier alpha value is -0.780. The molecule has 2 atom stereocenters. The van der Waals surface area contributed by atoms with Crippen LogP contribution >= 0.6 is 18.8 Å². The lowest BCUT2D eigenvalue weighted by Gasteiger charge is -2.24. The van der Waals surface area contributed by atoms with E-state index < -0.39 is 0 Å². The molecule has 0 bridgehead atoms. The van der Waals surface area contributed by atoms with Gasteiger partial charge in [0.2, 0.25) is 0 Å². The van der Waals surface area contributed by atoms with E-state index in [0.717, 1.165) is 17.2 Å². The number of hydrogen-bond acceptors (Lipinski definition) is 3. The molecular formula is C10H13NO2P2. The molecule has 80 valence electrons. The van der Waals surface area contributed by atoms with E-state index in [1.165, 1.54) is 0 Å². The minimum Gasteiger partial charge on any atom is -0.486 e. The van der Waals surface area contributed by atoms with E-state index in [2.05, 4.69) is 18.8 Å². The lowest BCUT2D eigenvalue weighted by molar-refractivity contribution is 0.172. The van der Waals surface area contributed by atoms with E-state index in [1.54, 1.807) is 0 Å². The molecule has 0 spiro atoms. The molecule has 2 aliphatic rings. The van der Waals surface area contributed by atoms with E-state index in [-0.39, 0.29) is 0 Å². The summed E-state index contributed by atoms with van der Waals surface area (Å²) in [5.41, 5.74) is 0.970. The Morgan fingerprint density at radius 3 is 2.60 bits per heavy atom. The normalized spacial score (nSPS) is 19.5. The molecule has 2 aliphatic heterocycles. The van der Waals surface area contributed by atoms with Gasteiger partial charge in [0.15, 0.2) is 11.5 Å². The maximum absolute atomic E-state index is 5.59. The molecule has 0 aromatic heterocycles. The van der Waals surface area contributed by atoms with Crippen LogP contribution in [0.15, 0.2) is 47.6 Å². The van der Waals surface area contributed by atoms with Crippen LogP contribution in [-0.4, -0.2) is 17.7 Å². The monoisotopic (exact) mass is 241 g/mol. The highest BCUT2D eigenvalue weighted by molar-refractivity contribution is 7.31. The molecule has 5 heteroatoms. The molecule has 2 unspecified atom stereocenters. The molecule has 15 heavy (non-hydrogen) atoms. The fourth-order valence-corrected chi connectivity index (χ4v) is 1.79. The second kappa shape index (κ2) is 4.83. The molecule has 0 fully saturated rings. The van der Waals surface area contributed by atoms with Crippen molar-refractivity contribution in [2.75, 3.05) is 13.2 Å². The van der Waals surface area contributed by atoms with Gasteiger partial charge in [0.25, 0.3) is 0 Å². The van der Waals surface area contributed by atoms with Crippen LogP contribution in [-0.2, 0) is 9.47 Å². The van der Waals surface area contributed by atoms with Crippen molar-refractivity contribution in [2.45, 2.75) is 0 Å². The number of allylic oxidation sites excluding steroid dienone is 3. The van der Waals surface area contributed by atoms with Crippen LogP contribution in [0.1, 0.15) is 0 Å². The zero-order chi connectivity index (χ0) is 10.7. The Morgan fingerprint density at radius 2 is 1.93 bits per heavy atom. The first-order chi connectivity index (χ1) is 7.29. The van der Waals surface area contributed by atoms with Gasteiger partial charge >= 0.3 is 0 Å². The van der Waals surface area contributed by atoms with E-state index in [1.807, 2.05) is 34.8 Å². The third kappa shape index (κ3) is 2.42. The zero-order valence-corrected chi connectivity index (χ0v) is 10.5. The van der Waals surface area contributed by atoms with E-state index >= 15 is 0 Å². The van der Waals surface area contributed by atoms with Gasteiger partial charge in [-0.05, 0) is 43.1 Å². The summed E-state index contributed by atoms with van der Waals surface area (Å²) in [6.07, 6.45) is 9.83. The molecule has 2 heterocycles. The van der Waals surface area contributed by atoms with Crippen LogP contribution in [0.2, 0.25) is 0 Å². The van der Waals surface area contributed by atoms with Gasteiger partial charge in [-0.2, -0.15) is 0 Å². The summed E-state index contributed by atoms with van der Waals surface area (Å²) < 4.78 is 13.0. The minimum absolute atomic E-state index is 0.590. The number of ether oxygens (including phenoxy) is 2. The van der Waals surface area contributed by atoms with Crippen molar-refractivity contribution in [2.24, 2.45) is 0 Å². The molecule has 0 saturated carbocycles. The van der Waals surface area contributed by atoms with Gasteiger partial charge in [-0.15, -0.1) is 0 Å². The fraction of sp³-hybridized carbons (Fsp3) is 0.200. The van der Waals surface area contributed by atoms with Gasteiger partial charge in [0, 0.05) is 0 Å². The molecule has 0 aromatic carbocycles. The Bertz CT molecular complexity index is 370. The molecular weight excluding hydrogens is 228 g/mol. The Morgan fingerprint density at radius 1 is 1.13 bits per heavy atom. The van der Waals surface area contributed by atoms with Crippen molar-refractivity contribution in [3.63, 3.8) is 0 Å². The first-order valence-corrected chi connectivity index (χ1v) is 5.65. The summed E-state index contributed by atoms with van der Waals surface area (Å²) >= 11 is 0. The molecule has 0 aromatic rings. The van der Waals surface area contributed by atoms with Gasteiger partial charge in [-0.3, -0.25) is 0 Å². The molecule has 3 nitrogen and oxygen atoms in total. The summed E-state index contributed by atoms with van der Waals surface area (Å²) in [5, 5.41) is 0. The molecule has 0 radical (unpaired) electrons. The maximum atomic E-state index is 5.59. The van der Waals surface area contributed by atoms with E-state index in [0.29, 0.717) is 13.2 Å². The summed E-state index contributed by atoms with van der Waals surface area (Å²) in [6.45, 7) is 1.19. The largest absolute Gasteiger partial charge is 0.486 e. The number of rotatable bonds is 2. The average molecular weight is 241 g/mol. The molecule has 0 aliphatic carbocycles. The van der Waals surface area contributed by atoms with Gasteiger partial charge in [0.05, 0.1) is 5.70 Å². The molecule has 2 rings (SSSR count). The highest BCUT2D eigenvalue weighted by Crippen LogP contribution is 2.29. The maximum Gasteiger partial charge on any atom is 0.185 e. The predicted octanol–water partition coefficient (Wildman–Crippen LogP) is 2.14. The highest BCUT2D eigenvalue weighted by atomic mass is 31.1. The van der Waals surface area contributed by atoms with Crippen LogP contribution in [0.4, 0.5) is 0 Å². The third-order valence-electron chi connectivity index (χ3n) is 2.05. The molecule has 0 amide bonds. The smallest absolute Gasteiger partial charge is 0.185 e. The quantitative estimate of drug-likeness (QED) is 0.691. The summed E-state index contributed by atoms with van der Waals surface area (Å²) in [7, 11) is 5.15. The summed E-state index contributed by atoms with van der Waals surface area (Å²) in [4.78, 5) is 0. The fourth-order valence-electron chi connectivity index (χ4n) is 1.38. The second-order valence-electron chi connectivity index (χ2n) is 3.11. The number of nitrogens with zero attached hydrogens (tertiary/aromatic N) is 1. The van der Waals surface area contributed by atoms with E-state index in [9.17, 15) is 0 Å². The van der Waals surface area contributed by atoms with Crippen LogP contribution in [0.25, 0.3) is 0 Å². The molecule has 0 saturated heterocycles. The first kappa shape index (κ1) is 10.7. The zero-order valence-electron chi connectivity index (χ0n) is 8.22.